The fourth-order valence-corrected chi connectivity index (χ4v) is 13.8. The van der Waals surface area contributed by atoms with E-state index in [1.807, 2.05) is 78.9 Å². The molecule has 0 N–H and O–H groups in total. The number of rotatable bonds is 6. The molecule has 0 nitrogen and oxygen atoms in total. The largest absolute Gasteiger partial charge is 1.00 e. The van der Waals surface area contributed by atoms with Crippen molar-refractivity contribution in [3.05, 3.63) is 267 Å². The predicted molar refractivity (Wildman–Crippen MR) is 265 cm³/mol. The Morgan fingerprint density at radius 2 is 0.613 bits per heavy atom. The fourth-order valence-electron chi connectivity index (χ4n) is 7.78. The molecule has 0 heterocycles. The quantitative estimate of drug-likeness (QED) is 0.0512. The van der Waals surface area contributed by atoms with E-state index < -0.39 is 15.8 Å². The van der Waals surface area contributed by atoms with Gasteiger partial charge in [0, 0.05) is 0 Å². The molecule has 0 spiro atoms. The summed E-state index contributed by atoms with van der Waals surface area (Å²) in [6, 6.07) is 85.7. The Balaban J connectivity index is 0.000000177. The zero-order valence-electron chi connectivity index (χ0n) is 33.7. The maximum absolute atomic E-state index is 7.46. The van der Waals surface area contributed by atoms with Crippen LogP contribution in [-0.4, -0.2) is 0 Å². The Labute approximate surface area is 400 Å². The van der Waals surface area contributed by atoms with Crippen molar-refractivity contribution in [2.75, 3.05) is 0 Å². The van der Waals surface area contributed by atoms with E-state index in [1.165, 1.54) is 31.8 Å². The second-order valence-corrected chi connectivity index (χ2v) is 19.1. The standard InChI is InChI=1S/C30H24P2.C16H9.C12H7.2Ag/c1-5-15-25(16-6-1)31(26-17-7-2-8-18-26)29-23-13-14-24-30(29)32(27-19-9-3-10-20-27)28-21-11-4-12-22-28;1-2-14-15-9-5-3-7-12(15)11-13-8-4-6-10-16(13)14;1-2-10-7-5-8-11-6-3-4-9-12(10)11;;/h1-24H;3-11H;3-9H;;/q;2*-1;2*+1/p+2. The van der Waals surface area contributed by atoms with Crippen LogP contribution in [0.3, 0.4) is 0 Å². The Morgan fingerprint density at radius 3 is 1.00 bits per heavy atom. The first-order valence-corrected chi connectivity index (χ1v) is 23.0. The number of hydrogen-bond donors (Lipinski definition) is 0. The first-order valence-electron chi connectivity index (χ1n) is 20.0. The van der Waals surface area contributed by atoms with Gasteiger partial charge in [-0.15, -0.1) is 17.2 Å². The second-order valence-electron chi connectivity index (χ2n) is 14.2. The molecule has 0 radical (unpaired) electrons. The molecule has 0 aliphatic rings. The predicted octanol–water partition coefficient (Wildman–Crippen LogP) is 11.4. The van der Waals surface area contributed by atoms with Crippen LogP contribution in [0.1, 0.15) is 11.1 Å². The van der Waals surface area contributed by atoms with E-state index in [0.717, 1.165) is 43.4 Å². The summed E-state index contributed by atoms with van der Waals surface area (Å²) in [6.45, 7) is 0. The molecule has 0 amide bonds. The summed E-state index contributed by atoms with van der Waals surface area (Å²) in [5, 5.41) is 15.5. The van der Waals surface area contributed by atoms with Crippen molar-refractivity contribution in [1.82, 2.24) is 0 Å². The van der Waals surface area contributed by atoms with E-state index in [1.54, 1.807) is 0 Å². The molecule has 0 unspecified atom stereocenters. The molecule has 0 saturated heterocycles. The Hall–Kier alpha value is -5.56. The zero-order chi connectivity index (χ0) is 40.9. The average molecular weight is 1020 g/mol. The van der Waals surface area contributed by atoms with E-state index in [4.69, 9.17) is 12.8 Å². The molecule has 0 bridgehead atoms. The third-order valence-electron chi connectivity index (χ3n) is 10.5. The van der Waals surface area contributed by atoms with Crippen molar-refractivity contribution in [1.29, 1.82) is 0 Å². The van der Waals surface area contributed by atoms with Gasteiger partial charge in [0.05, 0.1) is 0 Å². The van der Waals surface area contributed by atoms with Crippen LogP contribution in [0.25, 0.3) is 32.3 Å². The smallest absolute Gasteiger partial charge is 0.366 e. The monoisotopic (exact) mass is 1010 g/mol. The summed E-state index contributed by atoms with van der Waals surface area (Å²) in [5.74, 6) is 4.98. The van der Waals surface area contributed by atoms with Crippen LogP contribution < -0.4 is 31.8 Å². The SMILES string of the molecule is [Ag+].[Ag+].[C-]#Cc1c2ccccc2cc2ccccc12.[C-]#Cc1cccc2ccccc12.c1ccc([PH+](c2ccccc2)c2ccccc2[PH+](c2ccccc2)c2ccccc2)cc1. The molecule has 4 heteroatoms. The number of fused-ring (bicyclic) bond motifs is 3. The van der Waals surface area contributed by atoms with Crippen molar-refractivity contribution < 1.29 is 44.8 Å². The summed E-state index contributed by atoms with van der Waals surface area (Å²) in [7, 11) is -2.28. The van der Waals surface area contributed by atoms with Crippen molar-refractivity contribution in [3.8, 4) is 11.8 Å². The van der Waals surface area contributed by atoms with E-state index in [-0.39, 0.29) is 44.8 Å². The topological polar surface area (TPSA) is 0 Å². The first kappa shape index (κ1) is 46.0. The van der Waals surface area contributed by atoms with Gasteiger partial charge in [0.2, 0.25) is 0 Å². The van der Waals surface area contributed by atoms with E-state index in [9.17, 15) is 0 Å². The van der Waals surface area contributed by atoms with Gasteiger partial charge in [0.25, 0.3) is 0 Å². The minimum Gasteiger partial charge on any atom is -0.366 e. The number of hydrogen-bond acceptors (Lipinski definition) is 0. The van der Waals surface area contributed by atoms with Gasteiger partial charge in [0.15, 0.2) is 0 Å². The molecule has 304 valence electrons. The van der Waals surface area contributed by atoms with Gasteiger partial charge >= 0.3 is 44.8 Å². The van der Waals surface area contributed by atoms with Gasteiger partial charge in [-0.2, -0.15) is 0 Å². The maximum atomic E-state index is 7.46. The van der Waals surface area contributed by atoms with Gasteiger partial charge in [0.1, 0.15) is 47.7 Å². The minimum atomic E-state index is -1.14. The van der Waals surface area contributed by atoms with E-state index in [2.05, 4.69) is 176 Å². The average Bonchev–Trinajstić information content (AvgIpc) is 3.33. The molecule has 10 aromatic carbocycles. The van der Waals surface area contributed by atoms with Crippen LogP contribution in [0.15, 0.2) is 243 Å². The van der Waals surface area contributed by atoms with Crippen LogP contribution in [-0.2, 0) is 44.8 Å². The third-order valence-corrected chi connectivity index (χ3v) is 16.4. The molecule has 0 fully saturated rings. The van der Waals surface area contributed by atoms with Crippen LogP contribution in [0.2, 0.25) is 0 Å². The van der Waals surface area contributed by atoms with Crippen LogP contribution in [0.5, 0.6) is 0 Å². The van der Waals surface area contributed by atoms with Gasteiger partial charge in [-0.1, -0.05) is 186 Å². The van der Waals surface area contributed by atoms with Gasteiger partial charge in [-0.25, -0.2) is 0 Å². The van der Waals surface area contributed by atoms with Crippen molar-refractivity contribution >= 4 is 80.0 Å². The summed E-state index contributed by atoms with van der Waals surface area (Å²) in [5.41, 5.74) is 1.74. The van der Waals surface area contributed by atoms with Gasteiger partial charge in [-0.05, 0) is 82.9 Å². The molecule has 0 atom stereocenters. The summed E-state index contributed by atoms with van der Waals surface area (Å²) in [4.78, 5) is 0. The van der Waals surface area contributed by atoms with E-state index in [0.29, 0.717) is 0 Å². The number of benzene rings is 10. The van der Waals surface area contributed by atoms with Gasteiger partial charge in [-0.3, -0.25) is 11.8 Å². The Morgan fingerprint density at radius 1 is 0.290 bits per heavy atom. The Kier molecular flexibility index (Phi) is 17.1. The maximum Gasteiger partial charge on any atom is 1.00 e. The summed E-state index contributed by atoms with van der Waals surface area (Å²) < 4.78 is 0. The van der Waals surface area contributed by atoms with Crippen LogP contribution in [0, 0.1) is 24.7 Å². The summed E-state index contributed by atoms with van der Waals surface area (Å²) >= 11 is 0. The normalized spacial score (nSPS) is 10.3. The molecule has 62 heavy (non-hydrogen) atoms. The fraction of sp³-hybridized carbons (Fsp3) is 0. The minimum absolute atomic E-state index is 0. The van der Waals surface area contributed by atoms with Crippen molar-refractivity contribution in [2.45, 2.75) is 0 Å². The second kappa shape index (κ2) is 23.0. The summed E-state index contributed by atoms with van der Waals surface area (Å²) in [6.07, 6.45) is 14.5. The first-order chi connectivity index (χ1) is 29.7. The molecule has 10 rings (SSSR count). The van der Waals surface area contributed by atoms with Crippen LogP contribution in [0.4, 0.5) is 0 Å². The molecule has 10 aromatic rings. The molecule has 0 aliphatic carbocycles. The molecule has 0 saturated carbocycles. The van der Waals surface area contributed by atoms with Crippen molar-refractivity contribution in [2.24, 2.45) is 0 Å². The molecular formula is C58H42Ag2P2+2. The molecule has 0 aromatic heterocycles. The molecule has 0 aliphatic heterocycles. The van der Waals surface area contributed by atoms with Crippen molar-refractivity contribution in [3.63, 3.8) is 0 Å². The van der Waals surface area contributed by atoms with Gasteiger partial charge < -0.3 is 12.8 Å². The van der Waals surface area contributed by atoms with E-state index >= 15 is 0 Å². The third kappa shape index (κ3) is 10.7. The zero-order valence-corrected chi connectivity index (χ0v) is 38.7. The Bertz CT molecular complexity index is 2830. The molecular weight excluding hydrogens is 974 g/mol. The van der Waals surface area contributed by atoms with Crippen LogP contribution >= 0.6 is 15.8 Å².